The van der Waals surface area contributed by atoms with Gasteiger partial charge in [-0.3, -0.25) is 9.59 Å². The number of carbonyl (C=O) groups excluding carboxylic acids is 2. The topological polar surface area (TPSA) is 83.1 Å². The van der Waals surface area contributed by atoms with Gasteiger partial charge in [0.1, 0.15) is 5.82 Å². The molecule has 0 bridgehead atoms. The molecule has 6 nitrogen and oxygen atoms in total. The van der Waals surface area contributed by atoms with E-state index >= 15 is 0 Å². The number of amides is 2. The van der Waals surface area contributed by atoms with E-state index < -0.39 is 5.41 Å². The SMILES string of the molecule is CNC(=O)C(C)(C)CNC(=O)c1ccnc(NC)c1. The lowest BCUT2D eigenvalue weighted by atomic mass is 9.92. The third-order valence-electron chi connectivity index (χ3n) is 2.81. The second kappa shape index (κ2) is 6.17. The molecular formula is C13H20N4O2. The van der Waals surface area contributed by atoms with Gasteiger partial charge in [-0.1, -0.05) is 0 Å². The van der Waals surface area contributed by atoms with Crippen molar-refractivity contribution in [2.45, 2.75) is 13.8 Å². The first kappa shape index (κ1) is 14.9. The maximum absolute atomic E-state index is 12.0. The lowest BCUT2D eigenvalue weighted by Gasteiger charge is -2.22. The molecule has 0 aliphatic heterocycles. The Morgan fingerprint density at radius 1 is 1.32 bits per heavy atom. The fourth-order valence-electron chi connectivity index (χ4n) is 1.53. The van der Waals surface area contributed by atoms with Crippen molar-refractivity contribution >= 4 is 17.6 Å². The molecule has 1 heterocycles. The van der Waals surface area contributed by atoms with E-state index in [1.54, 1.807) is 46.3 Å². The number of anilines is 1. The van der Waals surface area contributed by atoms with Crippen LogP contribution in [-0.4, -0.2) is 37.4 Å². The van der Waals surface area contributed by atoms with Gasteiger partial charge in [0.25, 0.3) is 5.91 Å². The third kappa shape index (κ3) is 3.94. The number of rotatable bonds is 5. The Kier molecular flexibility index (Phi) is 4.86. The van der Waals surface area contributed by atoms with E-state index in [0.717, 1.165) is 0 Å². The first-order chi connectivity index (χ1) is 8.90. The van der Waals surface area contributed by atoms with Gasteiger partial charge in [0, 0.05) is 32.4 Å². The average molecular weight is 264 g/mol. The molecule has 2 amide bonds. The molecule has 3 N–H and O–H groups in total. The fraction of sp³-hybridized carbons (Fsp3) is 0.462. The summed E-state index contributed by atoms with van der Waals surface area (Å²) in [5, 5.41) is 8.19. The maximum atomic E-state index is 12.0. The van der Waals surface area contributed by atoms with Crippen molar-refractivity contribution < 1.29 is 9.59 Å². The van der Waals surface area contributed by atoms with Crippen molar-refractivity contribution in [1.82, 2.24) is 15.6 Å². The largest absolute Gasteiger partial charge is 0.373 e. The molecule has 104 valence electrons. The molecule has 0 radical (unpaired) electrons. The second-order valence-electron chi connectivity index (χ2n) is 4.83. The van der Waals surface area contributed by atoms with Crippen LogP contribution in [0, 0.1) is 5.41 Å². The molecular weight excluding hydrogens is 244 g/mol. The van der Waals surface area contributed by atoms with Gasteiger partial charge in [-0.15, -0.1) is 0 Å². The Morgan fingerprint density at radius 3 is 2.58 bits per heavy atom. The highest BCUT2D eigenvalue weighted by atomic mass is 16.2. The van der Waals surface area contributed by atoms with E-state index in [9.17, 15) is 9.59 Å². The molecule has 0 aromatic carbocycles. The van der Waals surface area contributed by atoms with E-state index in [-0.39, 0.29) is 18.4 Å². The molecule has 1 aromatic rings. The summed E-state index contributed by atoms with van der Waals surface area (Å²) in [6.07, 6.45) is 1.56. The first-order valence-corrected chi connectivity index (χ1v) is 6.05. The summed E-state index contributed by atoms with van der Waals surface area (Å²) in [7, 11) is 3.31. The molecule has 0 fully saturated rings. The molecule has 19 heavy (non-hydrogen) atoms. The quantitative estimate of drug-likeness (QED) is 0.728. The predicted octanol–water partition coefficient (Wildman–Crippen LogP) is 0.625. The van der Waals surface area contributed by atoms with Crippen molar-refractivity contribution in [3.8, 4) is 0 Å². The van der Waals surface area contributed by atoms with Crippen LogP contribution in [0.2, 0.25) is 0 Å². The van der Waals surface area contributed by atoms with Gasteiger partial charge in [-0.05, 0) is 26.0 Å². The van der Waals surface area contributed by atoms with Crippen LogP contribution in [0.25, 0.3) is 0 Å². The lowest BCUT2D eigenvalue weighted by molar-refractivity contribution is -0.128. The fourth-order valence-corrected chi connectivity index (χ4v) is 1.53. The summed E-state index contributed by atoms with van der Waals surface area (Å²) in [5.74, 6) is 0.285. The number of carbonyl (C=O) groups is 2. The molecule has 0 spiro atoms. The van der Waals surface area contributed by atoms with Gasteiger partial charge in [0.15, 0.2) is 0 Å². The van der Waals surface area contributed by atoms with E-state index in [1.807, 2.05) is 0 Å². The van der Waals surface area contributed by atoms with Crippen molar-refractivity contribution in [3.63, 3.8) is 0 Å². The molecule has 0 atom stereocenters. The van der Waals surface area contributed by atoms with Gasteiger partial charge in [-0.25, -0.2) is 4.98 Å². The third-order valence-corrected chi connectivity index (χ3v) is 2.81. The van der Waals surface area contributed by atoms with E-state index in [4.69, 9.17) is 0 Å². The van der Waals surface area contributed by atoms with Crippen LogP contribution in [0.3, 0.4) is 0 Å². The van der Waals surface area contributed by atoms with Gasteiger partial charge < -0.3 is 16.0 Å². The van der Waals surface area contributed by atoms with Crippen molar-refractivity contribution in [2.75, 3.05) is 26.0 Å². The van der Waals surface area contributed by atoms with Gasteiger partial charge in [0.05, 0.1) is 5.41 Å². The molecule has 0 saturated heterocycles. The Balaban J connectivity index is 2.67. The van der Waals surface area contributed by atoms with Crippen molar-refractivity contribution in [2.24, 2.45) is 5.41 Å². The van der Waals surface area contributed by atoms with Crippen LogP contribution in [0.1, 0.15) is 24.2 Å². The van der Waals surface area contributed by atoms with Crippen LogP contribution >= 0.6 is 0 Å². The minimum atomic E-state index is -0.650. The number of hydrogen-bond acceptors (Lipinski definition) is 4. The Morgan fingerprint density at radius 2 is 2.00 bits per heavy atom. The minimum Gasteiger partial charge on any atom is -0.373 e. The van der Waals surface area contributed by atoms with Crippen LogP contribution in [0.15, 0.2) is 18.3 Å². The predicted molar refractivity (Wildman–Crippen MR) is 74.0 cm³/mol. The van der Waals surface area contributed by atoms with Crippen molar-refractivity contribution in [3.05, 3.63) is 23.9 Å². The summed E-state index contributed by atoms with van der Waals surface area (Å²) in [6, 6.07) is 3.28. The summed E-state index contributed by atoms with van der Waals surface area (Å²) in [4.78, 5) is 27.6. The summed E-state index contributed by atoms with van der Waals surface area (Å²) in [6.45, 7) is 3.82. The average Bonchev–Trinajstić information content (AvgIpc) is 2.43. The number of nitrogens with zero attached hydrogens (tertiary/aromatic N) is 1. The molecule has 1 aromatic heterocycles. The molecule has 0 saturated carbocycles. The van der Waals surface area contributed by atoms with E-state index in [1.165, 1.54) is 0 Å². The highest BCUT2D eigenvalue weighted by molar-refractivity contribution is 5.95. The number of nitrogens with one attached hydrogen (secondary N) is 3. The molecule has 1 rings (SSSR count). The number of aromatic nitrogens is 1. The van der Waals surface area contributed by atoms with Gasteiger partial charge in [0.2, 0.25) is 5.91 Å². The first-order valence-electron chi connectivity index (χ1n) is 6.05. The van der Waals surface area contributed by atoms with Crippen LogP contribution in [0.4, 0.5) is 5.82 Å². The summed E-state index contributed by atoms with van der Waals surface area (Å²) >= 11 is 0. The van der Waals surface area contributed by atoms with Crippen LogP contribution in [0.5, 0.6) is 0 Å². The van der Waals surface area contributed by atoms with Crippen LogP contribution in [-0.2, 0) is 4.79 Å². The number of hydrogen-bond donors (Lipinski definition) is 3. The van der Waals surface area contributed by atoms with E-state index in [0.29, 0.717) is 11.4 Å². The minimum absolute atomic E-state index is 0.113. The Labute approximate surface area is 113 Å². The van der Waals surface area contributed by atoms with Gasteiger partial charge >= 0.3 is 0 Å². The Bertz CT molecular complexity index is 471. The highest BCUT2D eigenvalue weighted by Crippen LogP contribution is 2.14. The van der Waals surface area contributed by atoms with Crippen LogP contribution < -0.4 is 16.0 Å². The smallest absolute Gasteiger partial charge is 0.251 e. The molecule has 0 aliphatic carbocycles. The molecule has 6 heteroatoms. The van der Waals surface area contributed by atoms with Crippen molar-refractivity contribution in [1.29, 1.82) is 0 Å². The highest BCUT2D eigenvalue weighted by Gasteiger charge is 2.27. The maximum Gasteiger partial charge on any atom is 0.251 e. The molecule has 0 aliphatic rings. The zero-order chi connectivity index (χ0) is 14.5. The second-order valence-corrected chi connectivity index (χ2v) is 4.83. The number of pyridine rings is 1. The normalized spacial score (nSPS) is 10.7. The van der Waals surface area contributed by atoms with Gasteiger partial charge in [-0.2, -0.15) is 0 Å². The summed E-state index contributed by atoms with van der Waals surface area (Å²) in [5.41, 5.74) is -0.143. The zero-order valence-electron chi connectivity index (χ0n) is 11.7. The van der Waals surface area contributed by atoms with E-state index in [2.05, 4.69) is 20.9 Å². The monoisotopic (exact) mass is 264 g/mol. The molecule has 0 unspecified atom stereocenters. The zero-order valence-corrected chi connectivity index (χ0v) is 11.7. The summed E-state index contributed by atoms with van der Waals surface area (Å²) < 4.78 is 0. The standard InChI is InChI=1S/C13H20N4O2/c1-13(2,12(19)15-4)8-17-11(18)9-5-6-16-10(7-9)14-3/h5-7H,8H2,1-4H3,(H,14,16)(H,15,19)(H,17,18). The Hall–Kier alpha value is -2.11. The lowest BCUT2D eigenvalue weighted by Crippen LogP contribution is -2.43.